The van der Waals surface area contributed by atoms with Crippen LogP contribution in [0.2, 0.25) is 0 Å². The Bertz CT molecular complexity index is 327. The van der Waals surface area contributed by atoms with E-state index < -0.39 is 0 Å². The van der Waals surface area contributed by atoms with Crippen LogP contribution in [0.1, 0.15) is 45.4 Å². The van der Waals surface area contributed by atoms with Gasteiger partial charge in [0, 0.05) is 26.6 Å². The molecule has 2 N–H and O–H groups in total. The summed E-state index contributed by atoms with van der Waals surface area (Å²) in [4.78, 5) is 27.5. The molecule has 1 saturated carbocycles. The number of carbonyl (C=O) groups excluding carboxylic acids is 2. The van der Waals surface area contributed by atoms with Crippen molar-refractivity contribution >= 4 is 11.8 Å². The van der Waals surface area contributed by atoms with Crippen molar-refractivity contribution in [2.75, 3.05) is 27.2 Å². The Balaban J connectivity index is 2.41. The molecule has 5 heteroatoms. The van der Waals surface area contributed by atoms with Gasteiger partial charge in [0.1, 0.15) is 0 Å². The summed E-state index contributed by atoms with van der Waals surface area (Å²) in [6.07, 6.45) is 6.26. The molecule has 0 aromatic carbocycles. The highest BCUT2D eigenvalue weighted by atomic mass is 16.2. The second-order valence-electron chi connectivity index (χ2n) is 6.09. The number of likely N-dealkylation sites (N-methyl/N-ethyl adjacent to an activating group) is 2. The third-order valence-corrected chi connectivity index (χ3v) is 4.24. The van der Waals surface area contributed by atoms with Gasteiger partial charge >= 0.3 is 0 Å². The molecular formula is C15H29N3O2. The van der Waals surface area contributed by atoms with E-state index in [0.29, 0.717) is 19.0 Å². The molecule has 0 spiro atoms. The summed E-state index contributed by atoms with van der Waals surface area (Å²) in [6.45, 7) is 2.61. The lowest BCUT2D eigenvalue weighted by molar-refractivity contribution is -0.140. The zero-order valence-corrected chi connectivity index (χ0v) is 13.1. The Morgan fingerprint density at radius 2 is 1.75 bits per heavy atom. The number of nitrogens with two attached hydrogens (primary N) is 1. The Morgan fingerprint density at radius 3 is 2.30 bits per heavy atom. The molecule has 1 fully saturated rings. The number of amides is 2. The van der Waals surface area contributed by atoms with Gasteiger partial charge in [-0.1, -0.05) is 26.2 Å². The summed E-state index contributed by atoms with van der Waals surface area (Å²) in [7, 11) is 3.55. The fraction of sp³-hybridized carbons (Fsp3) is 0.867. The largest absolute Gasteiger partial charge is 0.341 e. The molecule has 5 nitrogen and oxygen atoms in total. The first kappa shape index (κ1) is 17.0. The lowest BCUT2D eigenvalue weighted by atomic mass is 9.94. The molecule has 0 heterocycles. The molecule has 1 aliphatic rings. The maximum absolute atomic E-state index is 12.2. The van der Waals surface area contributed by atoms with Gasteiger partial charge in [-0.2, -0.15) is 0 Å². The zero-order chi connectivity index (χ0) is 15.1. The van der Waals surface area contributed by atoms with Crippen molar-refractivity contribution in [2.24, 2.45) is 11.7 Å². The normalized spacial score (nSPS) is 17.6. The molecule has 0 radical (unpaired) electrons. The monoisotopic (exact) mass is 283 g/mol. The van der Waals surface area contributed by atoms with E-state index in [0.717, 1.165) is 12.8 Å². The maximum Gasteiger partial charge on any atom is 0.242 e. The third kappa shape index (κ3) is 5.12. The van der Waals surface area contributed by atoms with Crippen molar-refractivity contribution in [3.63, 3.8) is 0 Å². The van der Waals surface area contributed by atoms with Gasteiger partial charge in [-0.05, 0) is 25.3 Å². The van der Waals surface area contributed by atoms with E-state index in [4.69, 9.17) is 5.73 Å². The van der Waals surface area contributed by atoms with E-state index in [1.807, 2.05) is 18.9 Å². The van der Waals surface area contributed by atoms with E-state index in [2.05, 4.69) is 0 Å². The van der Waals surface area contributed by atoms with E-state index in [9.17, 15) is 9.59 Å². The number of hydrogen-bond acceptors (Lipinski definition) is 3. The number of carbonyl (C=O) groups is 2. The van der Waals surface area contributed by atoms with E-state index in [1.165, 1.54) is 24.2 Å². The first-order valence-corrected chi connectivity index (χ1v) is 7.65. The molecule has 116 valence electrons. The van der Waals surface area contributed by atoms with Crippen LogP contribution >= 0.6 is 0 Å². The molecular weight excluding hydrogens is 254 g/mol. The topological polar surface area (TPSA) is 66.6 Å². The second-order valence-corrected chi connectivity index (χ2v) is 6.09. The molecule has 0 aromatic rings. The Hall–Kier alpha value is -1.10. The minimum atomic E-state index is -0.00616. The van der Waals surface area contributed by atoms with Gasteiger partial charge in [0.15, 0.2) is 0 Å². The fourth-order valence-corrected chi connectivity index (χ4v) is 2.61. The third-order valence-electron chi connectivity index (χ3n) is 4.24. The van der Waals surface area contributed by atoms with Crippen LogP contribution in [0.5, 0.6) is 0 Å². The summed E-state index contributed by atoms with van der Waals surface area (Å²) in [5.74, 6) is 0.192. The van der Waals surface area contributed by atoms with Crippen molar-refractivity contribution in [3.05, 3.63) is 0 Å². The van der Waals surface area contributed by atoms with Gasteiger partial charge in [-0.25, -0.2) is 0 Å². The first-order chi connectivity index (χ1) is 9.45. The maximum atomic E-state index is 12.2. The highest BCUT2D eigenvalue weighted by Gasteiger charge is 2.24. The smallest absolute Gasteiger partial charge is 0.242 e. The molecule has 20 heavy (non-hydrogen) atoms. The number of nitrogens with zero attached hydrogens (tertiary/aromatic N) is 2. The molecule has 0 saturated heterocycles. The SMILES string of the molecule is CC(CN)CC(=O)N(C)CC(=O)N(C)C1CCCCC1. The predicted molar refractivity (Wildman–Crippen MR) is 80.1 cm³/mol. The minimum Gasteiger partial charge on any atom is -0.341 e. The van der Waals surface area contributed by atoms with Crippen molar-refractivity contribution in [1.82, 2.24) is 9.80 Å². The van der Waals surface area contributed by atoms with Crippen molar-refractivity contribution in [2.45, 2.75) is 51.5 Å². The van der Waals surface area contributed by atoms with Gasteiger partial charge in [0.25, 0.3) is 0 Å². The summed E-state index contributed by atoms with van der Waals surface area (Å²) < 4.78 is 0. The molecule has 0 aliphatic heterocycles. The number of rotatable bonds is 6. The van der Waals surface area contributed by atoms with Crippen molar-refractivity contribution in [1.29, 1.82) is 0 Å². The van der Waals surface area contributed by atoms with Crippen LogP contribution in [0.4, 0.5) is 0 Å². The lowest BCUT2D eigenvalue weighted by Gasteiger charge is -2.32. The summed E-state index contributed by atoms with van der Waals surface area (Å²) >= 11 is 0. The van der Waals surface area contributed by atoms with Gasteiger partial charge < -0.3 is 15.5 Å². The molecule has 1 unspecified atom stereocenters. The summed E-state index contributed by atoms with van der Waals surface area (Å²) in [5.41, 5.74) is 5.52. The second kappa shape index (κ2) is 8.25. The van der Waals surface area contributed by atoms with Crippen LogP contribution in [0, 0.1) is 5.92 Å². The van der Waals surface area contributed by atoms with Gasteiger partial charge in [-0.3, -0.25) is 9.59 Å². The van der Waals surface area contributed by atoms with Crippen molar-refractivity contribution in [3.8, 4) is 0 Å². The van der Waals surface area contributed by atoms with Crippen LogP contribution in [-0.2, 0) is 9.59 Å². The highest BCUT2D eigenvalue weighted by molar-refractivity contribution is 5.84. The first-order valence-electron chi connectivity index (χ1n) is 7.65. The van der Waals surface area contributed by atoms with Crippen molar-refractivity contribution < 1.29 is 9.59 Å². The minimum absolute atomic E-state index is 0.00616. The predicted octanol–water partition coefficient (Wildman–Crippen LogP) is 1.22. The Kier molecular flexibility index (Phi) is 6.99. The lowest BCUT2D eigenvalue weighted by Crippen LogP contribution is -2.44. The van der Waals surface area contributed by atoms with Crippen LogP contribution in [0.25, 0.3) is 0 Å². The Morgan fingerprint density at radius 1 is 1.15 bits per heavy atom. The van der Waals surface area contributed by atoms with Gasteiger partial charge in [-0.15, -0.1) is 0 Å². The summed E-state index contributed by atoms with van der Waals surface area (Å²) in [5, 5.41) is 0. The van der Waals surface area contributed by atoms with Crippen LogP contribution in [0.3, 0.4) is 0 Å². The van der Waals surface area contributed by atoms with Crippen LogP contribution in [-0.4, -0.2) is 54.8 Å². The molecule has 0 bridgehead atoms. The quantitative estimate of drug-likeness (QED) is 0.797. The average Bonchev–Trinajstić information content (AvgIpc) is 2.46. The Labute approximate surface area is 122 Å². The van der Waals surface area contributed by atoms with Gasteiger partial charge in [0.05, 0.1) is 6.54 Å². The highest BCUT2D eigenvalue weighted by Crippen LogP contribution is 2.21. The number of hydrogen-bond donors (Lipinski definition) is 1. The molecule has 1 aliphatic carbocycles. The van der Waals surface area contributed by atoms with E-state index in [1.54, 1.807) is 7.05 Å². The standard InChI is InChI=1S/C15H29N3O2/c1-12(10-16)9-14(19)17(2)11-15(20)18(3)13-7-5-4-6-8-13/h12-13H,4-11,16H2,1-3H3. The van der Waals surface area contributed by atoms with E-state index >= 15 is 0 Å². The zero-order valence-electron chi connectivity index (χ0n) is 13.1. The fourth-order valence-electron chi connectivity index (χ4n) is 2.61. The van der Waals surface area contributed by atoms with Crippen LogP contribution < -0.4 is 5.73 Å². The van der Waals surface area contributed by atoms with Crippen LogP contribution in [0.15, 0.2) is 0 Å². The average molecular weight is 283 g/mol. The van der Waals surface area contributed by atoms with Gasteiger partial charge in [0.2, 0.25) is 11.8 Å². The molecule has 2 amide bonds. The molecule has 1 atom stereocenters. The molecule has 1 rings (SSSR count). The van der Waals surface area contributed by atoms with E-state index in [-0.39, 0.29) is 24.3 Å². The molecule has 0 aromatic heterocycles. The summed E-state index contributed by atoms with van der Waals surface area (Å²) in [6, 6.07) is 0.350.